The van der Waals surface area contributed by atoms with E-state index >= 15 is 0 Å². The first-order valence-corrected chi connectivity index (χ1v) is 6.33. The number of carbonyl (C=O) groups excluding carboxylic acids is 1. The smallest absolute Gasteiger partial charge is 0.308 e. The SMILES string of the molecule is C[C@@H]1CN(C(=O)/C=C/c2ccccc2)C[C@H]1C(=O)O. The van der Waals surface area contributed by atoms with Crippen LogP contribution in [0.1, 0.15) is 12.5 Å². The fourth-order valence-corrected chi connectivity index (χ4v) is 2.31. The zero-order chi connectivity index (χ0) is 13.8. The number of nitrogens with zero attached hydrogens (tertiary/aromatic N) is 1. The molecule has 1 fully saturated rings. The van der Waals surface area contributed by atoms with Crippen molar-refractivity contribution < 1.29 is 14.7 Å². The van der Waals surface area contributed by atoms with Crippen molar-refractivity contribution in [1.82, 2.24) is 4.90 Å². The molecule has 2 atom stereocenters. The Morgan fingerprint density at radius 1 is 1.26 bits per heavy atom. The van der Waals surface area contributed by atoms with E-state index in [0.717, 1.165) is 5.56 Å². The Balaban J connectivity index is 1.98. The molecular formula is C15H17NO3. The van der Waals surface area contributed by atoms with Crippen molar-refractivity contribution in [2.24, 2.45) is 11.8 Å². The number of hydrogen-bond acceptors (Lipinski definition) is 2. The number of carbonyl (C=O) groups is 2. The maximum atomic E-state index is 12.0. The summed E-state index contributed by atoms with van der Waals surface area (Å²) in [6, 6.07) is 9.55. The third kappa shape index (κ3) is 3.22. The van der Waals surface area contributed by atoms with E-state index in [1.807, 2.05) is 37.3 Å². The van der Waals surface area contributed by atoms with Crippen LogP contribution in [0.5, 0.6) is 0 Å². The summed E-state index contributed by atoms with van der Waals surface area (Å²) in [6.07, 6.45) is 3.26. The number of benzene rings is 1. The number of likely N-dealkylation sites (tertiary alicyclic amines) is 1. The van der Waals surface area contributed by atoms with Gasteiger partial charge in [0.05, 0.1) is 5.92 Å². The predicted molar refractivity (Wildman–Crippen MR) is 72.3 cm³/mol. The number of carboxylic acids is 1. The molecule has 4 heteroatoms. The van der Waals surface area contributed by atoms with E-state index < -0.39 is 11.9 Å². The second-order valence-corrected chi connectivity index (χ2v) is 4.91. The molecule has 4 nitrogen and oxygen atoms in total. The van der Waals surface area contributed by atoms with Crippen molar-refractivity contribution in [2.75, 3.05) is 13.1 Å². The second-order valence-electron chi connectivity index (χ2n) is 4.91. The molecule has 1 aromatic rings. The van der Waals surface area contributed by atoms with Crippen LogP contribution in [-0.4, -0.2) is 35.0 Å². The topological polar surface area (TPSA) is 57.6 Å². The molecule has 100 valence electrons. The van der Waals surface area contributed by atoms with Gasteiger partial charge in [0.15, 0.2) is 0 Å². The van der Waals surface area contributed by atoms with Crippen LogP contribution in [0.3, 0.4) is 0 Å². The third-order valence-electron chi connectivity index (χ3n) is 3.46. The lowest BCUT2D eigenvalue weighted by atomic mass is 9.99. The third-order valence-corrected chi connectivity index (χ3v) is 3.46. The largest absolute Gasteiger partial charge is 0.481 e. The molecule has 1 amide bonds. The Labute approximate surface area is 112 Å². The van der Waals surface area contributed by atoms with Crippen molar-refractivity contribution in [3.63, 3.8) is 0 Å². The number of rotatable bonds is 3. The standard InChI is InChI=1S/C15H17NO3/c1-11-9-16(10-13(11)15(18)19)14(17)8-7-12-5-3-2-4-6-12/h2-8,11,13H,9-10H2,1H3,(H,18,19)/b8-7+/t11-,13-/m1/s1. The zero-order valence-electron chi connectivity index (χ0n) is 10.8. The first kappa shape index (κ1) is 13.3. The first-order valence-electron chi connectivity index (χ1n) is 6.33. The minimum absolute atomic E-state index is 0.00609. The average Bonchev–Trinajstić information content (AvgIpc) is 2.79. The van der Waals surface area contributed by atoms with Crippen LogP contribution in [0.4, 0.5) is 0 Å². The first-order chi connectivity index (χ1) is 9.08. The van der Waals surface area contributed by atoms with Crippen LogP contribution in [0.2, 0.25) is 0 Å². The van der Waals surface area contributed by atoms with Gasteiger partial charge in [0, 0.05) is 19.2 Å². The lowest BCUT2D eigenvalue weighted by Crippen LogP contribution is -2.28. The zero-order valence-corrected chi connectivity index (χ0v) is 10.8. The number of amides is 1. The Morgan fingerprint density at radius 3 is 2.53 bits per heavy atom. The minimum atomic E-state index is -0.824. The summed E-state index contributed by atoms with van der Waals surface area (Å²) in [5, 5.41) is 9.04. The quantitative estimate of drug-likeness (QED) is 0.843. The summed E-state index contributed by atoms with van der Waals surface area (Å²) in [6.45, 7) is 2.68. The molecule has 2 rings (SSSR count). The van der Waals surface area contributed by atoms with E-state index in [-0.39, 0.29) is 11.8 Å². The van der Waals surface area contributed by atoms with Gasteiger partial charge in [-0.3, -0.25) is 9.59 Å². The van der Waals surface area contributed by atoms with Crippen molar-refractivity contribution in [3.8, 4) is 0 Å². The van der Waals surface area contributed by atoms with E-state index in [9.17, 15) is 9.59 Å². The van der Waals surface area contributed by atoms with Gasteiger partial charge in [-0.05, 0) is 17.6 Å². The van der Waals surface area contributed by atoms with E-state index in [4.69, 9.17) is 5.11 Å². The summed E-state index contributed by atoms with van der Waals surface area (Å²) in [4.78, 5) is 24.6. The summed E-state index contributed by atoms with van der Waals surface area (Å²) >= 11 is 0. The molecular weight excluding hydrogens is 242 g/mol. The lowest BCUT2D eigenvalue weighted by Gasteiger charge is -2.12. The maximum absolute atomic E-state index is 12.0. The van der Waals surface area contributed by atoms with E-state index in [0.29, 0.717) is 13.1 Å². The average molecular weight is 259 g/mol. The Hall–Kier alpha value is -2.10. The van der Waals surface area contributed by atoms with E-state index in [1.165, 1.54) is 6.08 Å². The van der Waals surface area contributed by atoms with Crippen LogP contribution in [-0.2, 0) is 9.59 Å². The van der Waals surface area contributed by atoms with Gasteiger partial charge in [0.1, 0.15) is 0 Å². The lowest BCUT2D eigenvalue weighted by molar-refractivity contribution is -0.142. The van der Waals surface area contributed by atoms with Gasteiger partial charge >= 0.3 is 5.97 Å². The molecule has 0 aliphatic carbocycles. The van der Waals surface area contributed by atoms with Gasteiger partial charge in [-0.2, -0.15) is 0 Å². The minimum Gasteiger partial charge on any atom is -0.481 e. The fraction of sp³-hybridized carbons (Fsp3) is 0.333. The number of aliphatic carboxylic acids is 1. The van der Waals surface area contributed by atoms with Gasteiger partial charge in [-0.25, -0.2) is 0 Å². The van der Waals surface area contributed by atoms with Crippen LogP contribution >= 0.6 is 0 Å². The van der Waals surface area contributed by atoms with Crippen molar-refractivity contribution >= 4 is 18.0 Å². The molecule has 19 heavy (non-hydrogen) atoms. The maximum Gasteiger partial charge on any atom is 0.308 e. The van der Waals surface area contributed by atoms with Crippen LogP contribution < -0.4 is 0 Å². The highest BCUT2D eigenvalue weighted by Crippen LogP contribution is 2.23. The normalized spacial score (nSPS) is 22.9. The Bertz CT molecular complexity index is 495. The Morgan fingerprint density at radius 2 is 1.95 bits per heavy atom. The van der Waals surface area contributed by atoms with Gasteiger partial charge < -0.3 is 10.0 Å². The molecule has 0 bridgehead atoms. The monoisotopic (exact) mass is 259 g/mol. The molecule has 1 aromatic carbocycles. The molecule has 0 saturated carbocycles. The van der Waals surface area contributed by atoms with Crippen molar-refractivity contribution in [2.45, 2.75) is 6.92 Å². The van der Waals surface area contributed by atoms with E-state index in [1.54, 1.807) is 11.0 Å². The molecule has 1 saturated heterocycles. The Kier molecular flexibility index (Phi) is 4.00. The molecule has 1 aliphatic heterocycles. The van der Waals surface area contributed by atoms with Crippen molar-refractivity contribution in [3.05, 3.63) is 42.0 Å². The number of hydrogen-bond donors (Lipinski definition) is 1. The predicted octanol–water partition coefficient (Wildman–Crippen LogP) is 1.88. The summed E-state index contributed by atoms with van der Waals surface area (Å²) in [5.74, 6) is -1.39. The van der Waals surface area contributed by atoms with Crippen molar-refractivity contribution in [1.29, 1.82) is 0 Å². The van der Waals surface area contributed by atoms with Gasteiger partial charge in [-0.15, -0.1) is 0 Å². The van der Waals surface area contributed by atoms with Gasteiger partial charge in [0.2, 0.25) is 5.91 Å². The molecule has 1 aliphatic rings. The van der Waals surface area contributed by atoms with E-state index in [2.05, 4.69) is 0 Å². The molecule has 0 radical (unpaired) electrons. The summed E-state index contributed by atoms with van der Waals surface area (Å²) < 4.78 is 0. The molecule has 0 unspecified atom stereocenters. The fourth-order valence-electron chi connectivity index (χ4n) is 2.31. The van der Waals surface area contributed by atoms with Gasteiger partial charge in [0.25, 0.3) is 0 Å². The van der Waals surface area contributed by atoms with Crippen LogP contribution in [0, 0.1) is 11.8 Å². The summed E-state index contributed by atoms with van der Waals surface area (Å²) in [7, 11) is 0. The summed E-state index contributed by atoms with van der Waals surface area (Å²) in [5.41, 5.74) is 0.956. The highest BCUT2D eigenvalue weighted by molar-refractivity contribution is 5.92. The second kappa shape index (κ2) is 5.69. The number of carboxylic acid groups (broad SMARTS) is 1. The van der Waals surface area contributed by atoms with Crippen LogP contribution in [0.25, 0.3) is 6.08 Å². The highest BCUT2D eigenvalue weighted by Gasteiger charge is 2.36. The molecule has 1 heterocycles. The molecule has 0 spiro atoms. The molecule has 0 aromatic heterocycles. The molecule has 1 N–H and O–H groups in total. The van der Waals surface area contributed by atoms with Gasteiger partial charge in [-0.1, -0.05) is 37.3 Å². The van der Waals surface area contributed by atoms with Crippen LogP contribution in [0.15, 0.2) is 36.4 Å². The highest BCUT2D eigenvalue weighted by atomic mass is 16.4.